The van der Waals surface area contributed by atoms with Crippen molar-refractivity contribution in [3.05, 3.63) is 82.8 Å². The minimum absolute atomic E-state index is 0.107. The van der Waals surface area contributed by atoms with Crippen molar-refractivity contribution < 1.29 is 23.5 Å². The Morgan fingerprint density at radius 2 is 1.59 bits per heavy atom. The zero-order valence-electron chi connectivity index (χ0n) is 24.5. The van der Waals surface area contributed by atoms with E-state index in [0.717, 1.165) is 39.5 Å². The Hall–Kier alpha value is -3.58. The van der Waals surface area contributed by atoms with Crippen LogP contribution < -0.4 is 10.1 Å². The molecule has 0 atom stereocenters. The second-order valence-electron chi connectivity index (χ2n) is 11.8. The highest BCUT2D eigenvalue weighted by Gasteiger charge is 2.32. The van der Waals surface area contributed by atoms with Crippen molar-refractivity contribution in [3.63, 3.8) is 0 Å². The number of furan rings is 1. The molecule has 7 heteroatoms. The standard InChI is InChI=1S/C32H42N2O5/c1-22-17-28(37-8)23(2)16-27(22)33-29(35)21-34(20-26-10-9-15-38-26)19-25-13-11-24(12-14-25)18-32(6,7)30(36)39-31(3,4)5/h9-17H,18-21H2,1-8H3,(H,33,35). The van der Waals surface area contributed by atoms with Crippen LogP contribution in [0.1, 0.15) is 62.6 Å². The maximum Gasteiger partial charge on any atom is 0.312 e. The molecule has 0 aliphatic carbocycles. The molecule has 1 amide bonds. The van der Waals surface area contributed by atoms with Crippen molar-refractivity contribution in [2.24, 2.45) is 5.41 Å². The van der Waals surface area contributed by atoms with E-state index in [4.69, 9.17) is 13.9 Å². The van der Waals surface area contributed by atoms with E-state index in [2.05, 4.69) is 5.32 Å². The average Bonchev–Trinajstić information content (AvgIpc) is 3.34. The van der Waals surface area contributed by atoms with Gasteiger partial charge in [-0.2, -0.15) is 0 Å². The van der Waals surface area contributed by atoms with Crippen molar-refractivity contribution in [1.82, 2.24) is 4.90 Å². The largest absolute Gasteiger partial charge is 0.496 e. The highest BCUT2D eigenvalue weighted by atomic mass is 16.6. The highest BCUT2D eigenvalue weighted by molar-refractivity contribution is 5.93. The van der Waals surface area contributed by atoms with Gasteiger partial charge < -0.3 is 19.2 Å². The van der Waals surface area contributed by atoms with Crippen LogP contribution in [0, 0.1) is 19.3 Å². The Labute approximate surface area is 232 Å². The molecule has 210 valence electrons. The van der Waals surface area contributed by atoms with Crippen molar-refractivity contribution in [1.29, 1.82) is 0 Å². The third kappa shape index (κ3) is 8.99. The molecule has 3 aromatic rings. The number of nitrogens with zero attached hydrogens (tertiary/aromatic N) is 1. The Kier molecular flexibility index (Phi) is 9.62. The number of aryl methyl sites for hydroxylation is 2. The molecule has 1 N–H and O–H groups in total. The number of methoxy groups -OCH3 is 1. The van der Waals surface area contributed by atoms with E-state index in [0.29, 0.717) is 19.5 Å². The molecule has 0 saturated carbocycles. The number of hydrogen-bond donors (Lipinski definition) is 1. The van der Waals surface area contributed by atoms with Crippen LogP contribution in [0.2, 0.25) is 0 Å². The fourth-order valence-corrected chi connectivity index (χ4v) is 4.35. The van der Waals surface area contributed by atoms with Gasteiger partial charge in [-0.1, -0.05) is 24.3 Å². The molecule has 0 spiro atoms. The predicted molar refractivity (Wildman–Crippen MR) is 154 cm³/mol. The monoisotopic (exact) mass is 534 g/mol. The fourth-order valence-electron chi connectivity index (χ4n) is 4.35. The number of rotatable bonds is 11. The second-order valence-corrected chi connectivity index (χ2v) is 11.8. The number of anilines is 1. The van der Waals surface area contributed by atoms with Crippen LogP contribution in [0.15, 0.2) is 59.2 Å². The fraction of sp³-hybridized carbons (Fsp3) is 0.438. The van der Waals surface area contributed by atoms with Gasteiger partial charge in [-0.3, -0.25) is 14.5 Å². The summed E-state index contributed by atoms with van der Waals surface area (Å²) in [7, 11) is 1.64. The lowest BCUT2D eigenvalue weighted by molar-refractivity contribution is -0.165. The molecule has 0 aliphatic rings. The maximum absolute atomic E-state index is 13.1. The van der Waals surface area contributed by atoms with Gasteiger partial charge in [-0.15, -0.1) is 0 Å². The second kappa shape index (κ2) is 12.5. The number of carbonyl (C=O) groups is 2. The number of nitrogens with one attached hydrogen (secondary N) is 1. The number of esters is 1. The first kappa shape index (κ1) is 30.0. The number of benzene rings is 2. The summed E-state index contributed by atoms with van der Waals surface area (Å²) in [4.78, 5) is 27.8. The van der Waals surface area contributed by atoms with E-state index in [-0.39, 0.29) is 18.4 Å². The smallest absolute Gasteiger partial charge is 0.312 e. The van der Waals surface area contributed by atoms with E-state index in [1.807, 2.05) is 102 Å². The maximum atomic E-state index is 13.1. The van der Waals surface area contributed by atoms with Gasteiger partial charge in [0.15, 0.2) is 0 Å². The molecule has 3 rings (SSSR count). The summed E-state index contributed by atoms with van der Waals surface area (Å²) in [5.74, 6) is 1.26. The molecule has 1 heterocycles. The van der Waals surface area contributed by atoms with Crippen LogP contribution in [0.25, 0.3) is 0 Å². The van der Waals surface area contributed by atoms with E-state index in [1.54, 1.807) is 13.4 Å². The molecule has 0 saturated heterocycles. The molecule has 1 aromatic heterocycles. The molecule has 0 unspecified atom stereocenters. The minimum Gasteiger partial charge on any atom is -0.496 e. The Morgan fingerprint density at radius 1 is 0.923 bits per heavy atom. The summed E-state index contributed by atoms with van der Waals surface area (Å²) in [5, 5.41) is 3.05. The topological polar surface area (TPSA) is 81.0 Å². The lowest BCUT2D eigenvalue weighted by Gasteiger charge is -2.28. The Balaban J connectivity index is 1.69. The van der Waals surface area contributed by atoms with Gasteiger partial charge in [0.1, 0.15) is 17.1 Å². The first-order valence-electron chi connectivity index (χ1n) is 13.3. The van der Waals surface area contributed by atoms with Gasteiger partial charge >= 0.3 is 5.97 Å². The molecule has 0 bridgehead atoms. The van der Waals surface area contributed by atoms with Crippen LogP contribution in [-0.2, 0) is 33.8 Å². The summed E-state index contributed by atoms with van der Waals surface area (Å²) >= 11 is 0. The van der Waals surface area contributed by atoms with E-state index >= 15 is 0 Å². The third-order valence-corrected chi connectivity index (χ3v) is 6.37. The summed E-state index contributed by atoms with van der Waals surface area (Å²) < 4.78 is 16.6. The molecule has 39 heavy (non-hydrogen) atoms. The van der Waals surface area contributed by atoms with Crippen molar-refractivity contribution in [2.45, 2.75) is 73.6 Å². The molecule has 0 aliphatic heterocycles. The first-order chi connectivity index (χ1) is 18.3. The quantitative estimate of drug-likeness (QED) is 0.285. The first-order valence-corrected chi connectivity index (χ1v) is 13.3. The summed E-state index contributed by atoms with van der Waals surface area (Å²) in [6.45, 7) is 14.6. The Morgan fingerprint density at radius 3 is 2.18 bits per heavy atom. The van der Waals surface area contributed by atoms with E-state index < -0.39 is 11.0 Å². The molecular formula is C32H42N2O5. The highest BCUT2D eigenvalue weighted by Crippen LogP contribution is 2.27. The third-order valence-electron chi connectivity index (χ3n) is 6.37. The summed E-state index contributed by atoms with van der Waals surface area (Å²) in [6.07, 6.45) is 2.21. The van der Waals surface area contributed by atoms with Crippen LogP contribution in [0.3, 0.4) is 0 Å². The average molecular weight is 535 g/mol. The molecule has 0 fully saturated rings. The molecular weight excluding hydrogens is 492 g/mol. The van der Waals surface area contributed by atoms with Crippen LogP contribution in [0.4, 0.5) is 5.69 Å². The lowest BCUT2D eigenvalue weighted by atomic mass is 9.85. The van der Waals surface area contributed by atoms with Crippen LogP contribution >= 0.6 is 0 Å². The normalized spacial score (nSPS) is 11.9. The lowest BCUT2D eigenvalue weighted by Crippen LogP contribution is -2.35. The van der Waals surface area contributed by atoms with E-state index in [1.165, 1.54) is 0 Å². The van der Waals surface area contributed by atoms with E-state index in [9.17, 15) is 9.59 Å². The number of ether oxygens (including phenoxy) is 2. The van der Waals surface area contributed by atoms with Crippen molar-refractivity contribution >= 4 is 17.6 Å². The SMILES string of the molecule is COc1cc(C)c(NC(=O)CN(Cc2ccc(CC(C)(C)C(=O)OC(C)(C)C)cc2)Cc2ccco2)cc1C. The van der Waals surface area contributed by atoms with Gasteiger partial charge in [0.25, 0.3) is 0 Å². The van der Waals surface area contributed by atoms with Crippen molar-refractivity contribution in [3.8, 4) is 5.75 Å². The molecule has 7 nitrogen and oxygen atoms in total. The zero-order valence-corrected chi connectivity index (χ0v) is 24.5. The predicted octanol–water partition coefficient (Wildman–Crippen LogP) is 6.46. The number of hydrogen-bond acceptors (Lipinski definition) is 6. The zero-order chi connectivity index (χ0) is 28.8. The number of carbonyl (C=O) groups excluding carboxylic acids is 2. The van der Waals surface area contributed by atoms with Gasteiger partial charge in [-0.05, 0) is 101 Å². The molecule has 0 radical (unpaired) electrons. The minimum atomic E-state index is -0.643. The van der Waals surface area contributed by atoms with Gasteiger partial charge in [0.2, 0.25) is 5.91 Å². The summed E-state index contributed by atoms with van der Waals surface area (Å²) in [5.41, 5.74) is 3.62. The van der Waals surface area contributed by atoms with Crippen molar-refractivity contribution in [2.75, 3.05) is 19.0 Å². The van der Waals surface area contributed by atoms with Crippen LogP contribution in [0.5, 0.6) is 5.75 Å². The van der Waals surface area contributed by atoms with Gasteiger partial charge in [0.05, 0.1) is 31.9 Å². The summed E-state index contributed by atoms with van der Waals surface area (Å²) in [6, 6.07) is 15.8. The Bertz CT molecular complexity index is 1250. The number of amides is 1. The van der Waals surface area contributed by atoms with Crippen LogP contribution in [-0.4, -0.2) is 36.0 Å². The van der Waals surface area contributed by atoms with Gasteiger partial charge in [0, 0.05) is 12.2 Å². The van der Waals surface area contributed by atoms with Gasteiger partial charge in [-0.25, -0.2) is 0 Å². The molecule has 2 aromatic carbocycles.